The molecular weight excluding hydrogens is 488 g/mol. The van der Waals surface area contributed by atoms with Gasteiger partial charge in [0.2, 0.25) is 5.91 Å². The molecule has 0 spiro atoms. The van der Waals surface area contributed by atoms with Crippen molar-refractivity contribution in [2.75, 3.05) is 0 Å². The van der Waals surface area contributed by atoms with Crippen LogP contribution in [0.15, 0.2) is 48.5 Å². The second-order valence-corrected chi connectivity index (χ2v) is 9.62. The lowest BCUT2D eigenvalue weighted by Gasteiger charge is -2.53. The van der Waals surface area contributed by atoms with Crippen molar-refractivity contribution in [2.45, 2.75) is 78.7 Å². The van der Waals surface area contributed by atoms with Gasteiger partial charge in [-0.1, -0.05) is 57.0 Å². The van der Waals surface area contributed by atoms with E-state index in [0.717, 1.165) is 22.4 Å². The number of urea groups is 1. The molecule has 9 heteroatoms. The number of nitrogens with one attached hydrogen (secondary N) is 1. The van der Waals surface area contributed by atoms with E-state index >= 15 is 0 Å². The molecule has 3 rings (SSSR count). The lowest BCUT2D eigenvalue weighted by molar-refractivity contribution is -0.191. The summed E-state index contributed by atoms with van der Waals surface area (Å²) in [4.78, 5) is 51.0. The maximum Gasteiger partial charge on any atom is 0.344 e. The van der Waals surface area contributed by atoms with E-state index in [9.17, 15) is 19.2 Å². The topological polar surface area (TPSA) is 122 Å². The zero-order valence-corrected chi connectivity index (χ0v) is 22.5. The van der Waals surface area contributed by atoms with Crippen LogP contribution in [0.1, 0.15) is 80.9 Å². The van der Waals surface area contributed by atoms with Crippen molar-refractivity contribution in [3.05, 3.63) is 65.2 Å². The number of ether oxygens (including phenoxy) is 2. The van der Waals surface area contributed by atoms with Crippen molar-refractivity contribution < 1.29 is 33.8 Å². The molecule has 1 saturated heterocycles. The van der Waals surface area contributed by atoms with Gasteiger partial charge in [-0.2, -0.15) is 0 Å². The Balaban J connectivity index is 1.79. The number of aryl methyl sites for hydroxylation is 1. The van der Waals surface area contributed by atoms with Gasteiger partial charge < -0.3 is 19.9 Å². The first-order chi connectivity index (χ1) is 18.1. The highest BCUT2D eigenvalue weighted by Crippen LogP contribution is 2.46. The molecule has 2 aromatic carbocycles. The average molecular weight is 525 g/mol. The summed E-state index contributed by atoms with van der Waals surface area (Å²) in [6, 6.07) is 13.1. The molecular formula is C29H36N2O7. The number of carboxylic acid groups (broad SMARTS) is 1. The molecule has 0 aliphatic carbocycles. The summed E-state index contributed by atoms with van der Waals surface area (Å²) in [7, 11) is 0. The van der Waals surface area contributed by atoms with E-state index in [1.54, 1.807) is 0 Å². The minimum Gasteiger partial charge on any atom is -0.479 e. The Kier molecular flexibility index (Phi) is 9.14. The average Bonchev–Trinajstić information content (AvgIpc) is 2.89. The lowest BCUT2D eigenvalue weighted by Crippen LogP contribution is -2.73. The maximum absolute atomic E-state index is 13.4. The molecule has 204 valence electrons. The number of hydrogen-bond acceptors (Lipinski definition) is 6. The number of carbonyl (C=O) groups excluding carboxylic acids is 3. The van der Waals surface area contributed by atoms with Crippen LogP contribution in [0, 0.1) is 12.3 Å². The van der Waals surface area contributed by atoms with Gasteiger partial charge in [-0.3, -0.25) is 4.79 Å². The molecule has 1 fully saturated rings. The fourth-order valence-electron chi connectivity index (χ4n) is 4.60. The quantitative estimate of drug-likeness (QED) is 0.305. The molecule has 38 heavy (non-hydrogen) atoms. The van der Waals surface area contributed by atoms with Gasteiger partial charge >= 0.3 is 18.0 Å². The van der Waals surface area contributed by atoms with Gasteiger partial charge in [0.1, 0.15) is 11.2 Å². The van der Waals surface area contributed by atoms with E-state index in [2.05, 4.69) is 5.32 Å². The van der Waals surface area contributed by atoms with Crippen LogP contribution in [0.5, 0.6) is 5.75 Å². The lowest BCUT2D eigenvalue weighted by atomic mass is 9.72. The van der Waals surface area contributed by atoms with Crippen LogP contribution >= 0.6 is 0 Å². The molecule has 1 aliphatic heterocycles. The van der Waals surface area contributed by atoms with Crippen LogP contribution in [-0.4, -0.2) is 46.2 Å². The monoisotopic (exact) mass is 524 g/mol. The second-order valence-electron chi connectivity index (χ2n) is 9.62. The van der Waals surface area contributed by atoms with Gasteiger partial charge in [-0.15, -0.1) is 0 Å². The molecule has 3 amide bonds. The molecule has 0 saturated carbocycles. The Morgan fingerprint density at radius 2 is 1.63 bits per heavy atom. The second kappa shape index (κ2) is 12.1. The van der Waals surface area contributed by atoms with Crippen LogP contribution in [-0.2, 0) is 14.3 Å². The summed E-state index contributed by atoms with van der Waals surface area (Å²) in [6.07, 6.45) is 0.441. The van der Waals surface area contributed by atoms with Crippen molar-refractivity contribution in [2.24, 2.45) is 5.41 Å². The van der Waals surface area contributed by atoms with E-state index in [4.69, 9.17) is 14.6 Å². The van der Waals surface area contributed by atoms with E-state index < -0.39 is 35.7 Å². The van der Waals surface area contributed by atoms with Crippen LogP contribution in [0.2, 0.25) is 0 Å². The van der Waals surface area contributed by atoms with Crippen LogP contribution in [0.4, 0.5) is 4.79 Å². The number of aliphatic carboxylic acids is 1. The normalized spacial score (nSPS) is 17.7. The first kappa shape index (κ1) is 28.7. The number of benzene rings is 2. The van der Waals surface area contributed by atoms with E-state index in [1.807, 2.05) is 52.0 Å². The summed E-state index contributed by atoms with van der Waals surface area (Å²) < 4.78 is 11.1. The number of β-lactam (4-membered cyclic amide) rings is 1. The predicted octanol–water partition coefficient (Wildman–Crippen LogP) is 5.23. The molecule has 0 bridgehead atoms. The Hall–Kier alpha value is -3.88. The van der Waals surface area contributed by atoms with Crippen molar-refractivity contribution in [1.82, 2.24) is 10.2 Å². The Bertz CT molecular complexity index is 1160. The summed E-state index contributed by atoms with van der Waals surface area (Å²) >= 11 is 0. The number of nitrogens with zero attached hydrogens (tertiary/aromatic N) is 1. The summed E-state index contributed by atoms with van der Waals surface area (Å²) in [5.41, 5.74) is 1.39. The summed E-state index contributed by atoms with van der Waals surface area (Å²) in [5.74, 6) is -1.95. The fraction of sp³-hybridized carbons (Fsp3) is 0.448. The molecule has 2 aromatic rings. The number of likely N-dealkylation sites (tertiary alicyclic amines) is 1. The SMILES string of the molecule is CCC[C@H](NC(=O)N1C(=O)C(CC)(CC)[C@@H]1Oc1ccc(C(=O)O[C@H](C)C(=O)O)cc1)c1ccc(C)cc1. The first-order valence-electron chi connectivity index (χ1n) is 13.0. The van der Waals surface area contributed by atoms with Crippen molar-refractivity contribution >= 4 is 23.9 Å². The molecule has 0 unspecified atom stereocenters. The van der Waals surface area contributed by atoms with Crippen molar-refractivity contribution in [1.29, 1.82) is 0 Å². The maximum atomic E-state index is 13.4. The zero-order chi connectivity index (χ0) is 28.0. The van der Waals surface area contributed by atoms with Gasteiger partial charge in [0.15, 0.2) is 12.3 Å². The first-order valence-corrected chi connectivity index (χ1v) is 13.0. The van der Waals surface area contributed by atoms with E-state index in [0.29, 0.717) is 25.0 Å². The fourth-order valence-corrected chi connectivity index (χ4v) is 4.60. The molecule has 2 N–H and O–H groups in total. The highest BCUT2D eigenvalue weighted by molar-refractivity contribution is 6.03. The van der Waals surface area contributed by atoms with E-state index in [1.165, 1.54) is 31.2 Å². The standard InChI is InChI=1S/C29H36N2O7/c1-6-9-23(20-12-10-18(4)11-13-20)30-28(36)31-26(35)29(7-2,8-3)27(31)38-22-16-14-21(15-17-22)25(34)37-19(5)24(32)33/h10-17,19,23,27H,6-9H2,1-5H3,(H,30,36)(H,32,33)/t19-,23+,27+/m1/s1. The summed E-state index contributed by atoms with van der Waals surface area (Å²) in [5, 5.41) is 12.0. The molecule has 0 radical (unpaired) electrons. The highest BCUT2D eigenvalue weighted by atomic mass is 16.6. The smallest absolute Gasteiger partial charge is 0.344 e. The van der Waals surface area contributed by atoms with Crippen LogP contribution in [0.3, 0.4) is 0 Å². The number of imide groups is 1. The molecule has 9 nitrogen and oxygen atoms in total. The molecule has 0 aromatic heterocycles. The van der Waals surface area contributed by atoms with Gasteiger partial charge in [0.05, 0.1) is 11.6 Å². The molecule has 3 atom stereocenters. The molecule has 1 heterocycles. The number of amides is 3. The van der Waals surface area contributed by atoms with Crippen LogP contribution in [0.25, 0.3) is 0 Å². The Morgan fingerprint density at radius 3 is 2.16 bits per heavy atom. The van der Waals surface area contributed by atoms with Gasteiger partial charge in [-0.25, -0.2) is 19.3 Å². The number of esters is 1. The zero-order valence-electron chi connectivity index (χ0n) is 22.5. The van der Waals surface area contributed by atoms with Gasteiger partial charge in [-0.05, 0) is 62.9 Å². The molecule has 1 aliphatic rings. The van der Waals surface area contributed by atoms with Gasteiger partial charge in [0.25, 0.3) is 0 Å². The van der Waals surface area contributed by atoms with Crippen LogP contribution < -0.4 is 10.1 Å². The number of rotatable bonds is 11. The third-order valence-corrected chi connectivity index (χ3v) is 7.16. The highest BCUT2D eigenvalue weighted by Gasteiger charge is 2.63. The van der Waals surface area contributed by atoms with Crippen molar-refractivity contribution in [3.63, 3.8) is 0 Å². The Morgan fingerprint density at radius 1 is 1.03 bits per heavy atom. The third kappa shape index (κ3) is 5.82. The summed E-state index contributed by atoms with van der Waals surface area (Å²) in [6.45, 7) is 9.09. The Labute approximate surface area is 223 Å². The van der Waals surface area contributed by atoms with Gasteiger partial charge in [0, 0.05) is 0 Å². The number of carbonyl (C=O) groups is 4. The van der Waals surface area contributed by atoms with Crippen molar-refractivity contribution in [3.8, 4) is 5.75 Å². The largest absolute Gasteiger partial charge is 0.479 e. The number of hydrogen-bond donors (Lipinski definition) is 2. The predicted molar refractivity (Wildman–Crippen MR) is 141 cm³/mol. The van der Waals surface area contributed by atoms with E-state index in [-0.39, 0.29) is 17.5 Å². The number of carboxylic acids is 1. The minimum absolute atomic E-state index is 0.155. The third-order valence-electron chi connectivity index (χ3n) is 7.16. The minimum atomic E-state index is -1.28.